The molecule has 0 radical (unpaired) electrons. The second-order valence-electron chi connectivity index (χ2n) is 6.47. The van der Waals surface area contributed by atoms with Crippen molar-refractivity contribution in [2.75, 3.05) is 27.2 Å². The third-order valence-electron chi connectivity index (χ3n) is 4.65. The number of hydrogen-bond acceptors (Lipinski definition) is 4. The molecule has 0 saturated carbocycles. The molecule has 0 unspecified atom stereocenters. The number of carbonyl (C=O) groups excluding carboxylic acids is 2. The molecule has 0 aromatic heterocycles. The SMILES string of the molecule is COC(=O)CCCC(=O)N1CCC[C@@H](N(C)Cc2ccccc2)C1. The van der Waals surface area contributed by atoms with Gasteiger partial charge in [0.1, 0.15) is 0 Å². The first kappa shape index (κ1) is 18.5. The van der Waals surface area contributed by atoms with Crippen LogP contribution in [0.3, 0.4) is 0 Å². The van der Waals surface area contributed by atoms with Crippen molar-refractivity contribution in [1.29, 1.82) is 0 Å². The molecule has 2 rings (SSSR count). The predicted molar refractivity (Wildman–Crippen MR) is 93.4 cm³/mol. The average molecular weight is 332 g/mol. The van der Waals surface area contributed by atoms with Gasteiger partial charge in [-0.25, -0.2) is 0 Å². The molecule has 0 aliphatic carbocycles. The van der Waals surface area contributed by atoms with E-state index in [1.807, 2.05) is 11.0 Å². The molecule has 1 saturated heterocycles. The summed E-state index contributed by atoms with van der Waals surface area (Å²) in [4.78, 5) is 27.8. The van der Waals surface area contributed by atoms with E-state index in [0.717, 1.165) is 32.5 Å². The molecule has 1 aromatic rings. The molecular formula is C19H28N2O3. The van der Waals surface area contributed by atoms with Crippen LogP contribution >= 0.6 is 0 Å². The normalized spacial score (nSPS) is 17.8. The van der Waals surface area contributed by atoms with Gasteiger partial charge in [0.15, 0.2) is 0 Å². The first-order chi connectivity index (χ1) is 11.6. The van der Waals surface area contributed by atoms with Gasteiger partial charge in [0, 0.05) is 38.5 Å². The Morgan fingerprint density at radius 1 is 1.25 bits per heavy atom. The summed E-state index contributed by atoms with van der Waals surface area (Å²) in [6.07, 6.45) is 3.45. The molecule has 0 N–H and O–H groups in total. The quantitative estimate of drug-likeness (QED) is 0.720. The molecule has 1 aliphatic heterocycles. The van der Waals surface area contributed by atoms with Crippen molar-refractivity contribution in [1.82, 2.24) is 9.80 Å². The van der Waals surface area contributed by atoms with Crippen LogP contribution in [0.5, 0.6) is 0 Å². The van der Waals surface area contributed by atoms with Gasteiger partial charge in [-0.05, 0) is 31.9 Å². The summed E-state index contributed by atoms with van der Waals surface area (Å²) in [5.74, 6) is -0.0985. The Morgan fingerprint density at radius 2 is 2.00 bits per heavy atom. The summed E-state index contributed by atoms with van der Waals surface area (Å²) in [7, 11) is 3.50. The van der Waals surface area contributed by atoms with E-state index in [1.165, 1.54) is 12.7 Å². The lowest BCUT2D eigenvalue weighted by atomic mass is 10.0. The summed E-state index contributed by atoms with van der Waals surface area (Å²) in [6.45, 7) is 2.50. The lowest BCUT2D eigenvalue weighted by Crippen LogP contribution is -2.48. The molecule has 1 amide bonds. The number of rotatable bonds is 7. The van der Waals surface area contributed by atoms with E-state index in [9.17, 15) is 9.59 Å². The number of ether oxygens (including phenoxy) is 1. The standard InChI is InChI=1S/C19H28N2O3/c1-20(14-16-8-4-3-5-9-16)17-10-7-13-21(15-17)18(22)11-6-12-19(23)24-2/h3-5,8-9,17H,6-7,10-15H2,1-2H3/t17-/m1/s1. The zero-order valence-electron chi connectivity index (χ0n) is 14.7. The predicted octanol–water partition coefficient (Wildman–Crippen LogP) is 2.45. The zero-order chi connectivity index (χ0) is 17.4. The largest absolute Gasteiger partial charge is 0.469 e. The van der Waals surface area contributed by atoms with E-state index < -0.39 is 0 Å². The van der Waals surface area contributed by atoms with Crippen LogP contribution in [-0.2, 0) is 20.9 Å². The number of likely N-dealkylation sites (tertiary alicyclic amines) is 1. The van der Waals surface area contributed by atoms with Crippen molar-refractivity contribution in [3.05, 3.63) is 35.9 Å². The molecule has 1 fully saturated rings. The minimum atomic E-state index is -0.248. The Balaban J connectivity index is 1.80. The van der Waals surface area contributed by atoms with Crippen LogP contribution in [0.15, 0.2) is 30.3 Å². The molecule has 1 atom stereocenters. The van der Waals surface area contributed by atoms with Crippen molar-refractivity contribution in [3.63, 3.8) is 0 Å². The van der Waals surface area contributed by atoms with E-state index in [-0.39, 0.29) is 11.9 Å². The van der Waals surface area contributed by atoms with Crippen LogP contribution in [0.25, 0.3) is 0 Å². The highest BCUT2D eigenvalue weighted by Crippen LogP contribution is 2.18. The van der Waals surface area contributed by atoms with E-state index in [4.69, 9.17) is 0 Å². The summed E-state index contributed by atoms with van der Waals surface area (Å²) in [6, 6.07) is 10.8. The smallest absolute Gasteiger partial charge is 0.305 e. The number of likely N-dealkylation sites (N-methyl/N-ethyl adjacent to an activating group) is 1. The topological polar surface area (TPSA) is 49.9 Å². The van der Waals surface area contributed by atoms with Gasteiger partial charge in [-0.3, -0.25) is 14.5 Å². The summed E-state index contributed by atoms with van der Waals surface area (Å²) >= 11 is 0. The minimum absolute atomic E-state index is 0.150. The Labute approximate surface area is 144 Å². The number of esters is 1. The van der Waals surface area contributed by atoms with Crippen LogP contribution in [-0.4, -0.2) is 55.0 Å². The molecule has 0 bridgehead atoms. The molecular weight excluding hydrogens is 304 g/mol. The maximum Gasteiger partial charge on any atom is 0.305 e. The maximum absolute atomic E-state index is 12.3. The summed E-state index contributed by atoms with van der Waals surface area (Å²) in [5, 5.41) is 0. The lowest BCUT2D eigenvalue weighted by molar-refractivity contribution is -0.141. The van der Waals surface area contributed by atoms with Crippen molar-refractivity contribution < 1.29 is 14.3 Å². The van der Waals surface area contributed by atoms with Crippen molar-refractivity contribution in [3.8, 4) is 0 Å². The highest BCUT2D eigenvalue weighted by Gasteiger charge is 2.26. The Kier molecular flexibility index (Phi) is 7.25. The van der Waals surface area contributed by atoms with E-state index in [2.05, 4.69) is 40.9 Å². The van der Waals surface area contributed by atoms with Crippen LogP contribution in [0.1, 0.15) is 37.7 Å². The van der Waals surface area contributed by atoms with Crippen LogP contribution in [0, 0.1) is 0 Å². The van der Waals surface area contributed by atoms with Gasteiger partial charge < -0.3 is 9.64 Å². The number of hydrogen-bond donors (Lipinski definition) is 0. The van der Waals surface area contributed by atoms with E-state index in [0.29, 0.717) is 25.3 Å². The fourth-order valence-electron chi connectivity index (χ4n) is 3.19. The van der Waals surface area contributed by atoms with Gasteiger partial charge in [-0.1, -0.05) is 30.3 Å². The number of benzene rings is 1. The van der Waals surface area contributed by atoms with E-state index in [1.54, 1.807) is 0 Å². The average Bonchev–Trinajstić information content (AvgIpc) is 2.62. The number of nitrogens with zero attached hydrogens (tertiary/aromatic N) is 2. The number of carbonyl (C=O) groups is 2. The molecule has 24 heavy (non-hydrogen) atoms. The van der Waals surface area contributed by atoms with Crippen LogP contribution in [0.4, 0.5) is 0 Å². The van der Waals surface area contributed by atoms with Crippen molar-refractivity contribution >= 4 is 11.9 Å². The Morgan fingerprint density at radius 3 is 2.71 bits per heavy atom. The second-order valence-corrected chi connectivity index (χ2v) is 6.47. The first-order valence-electron chi connectivity index (χ1n) is 8.69. The molecule has 1 aliphatic rings. The number of methoxy groups -OCH3 is 1. The van der Waals surface area contributed by atoms with Gasteiger partial charge in [0.25, 0.3) is 0 Å². The number of piperidine rings is 1. The highest BCUT2D eigenvalue weighted by molar-refractivity contribution is 5.77. The molecule has 132 valence electrons. The second kappa shape index (κ2) is 9.42. The van der Waals surface area contributed by atoms with E-state index >= 15 is 0 Å². The summed E-state index contributed by atoms with van der Waals surface area (Å²) < 4.78 is 4.61. The van der Waals surface area contributed by atoms with Gasteiger partial charge in [-0.2, -0.15) is 0 Å². The van der Waals surface area contributed by atoms with Crippen LogP contribution in [0.2, 0.25) is 0 Å². The molecule has 1 aromatic carbocycles. The molecule has 5 heteroatoms. The fraction of sp³-hybridized carbons (Fsp3) is 0.579. The maximum atomic E-state index is 12.3. The monoisotopic (exact) mass is 332 g/mol. The van der Waals surface area contributed by atoms with Gasteiger partial charge in [0.05, 0.1) is 7.11 Å². The highest BCUT2D eigenvalue weighted by atomic mass is 16.5. The third kappa shape index (κ3) is 5.64. The minimum Gasteiger partial charge on any atom is -0.469 e. The molecule has 5 nitrogen and oxygen atoms in total. The Bertz CT molecular complexity index is 533. The van der Waals surface area contributed by atoms with Crippen molar-refractivity contribution in [2.45, 2.75) is 44.7 Å². The molecule has 0 spiro atoms. The first-order valence-corrected chi connectivity index (χ1v) is 8.69. The number of amides is 1. The summed E-state index contributed by atoms with van der Waals surface area (Å²) in [5.41, 5.74) is 1.29. The fourth-order valence-corrected chi connectivity index (χ4v) is 3.19. The van der Waals surface area contributed by atoms with Crippen LogP contribution < -0.4 is 0 Å². The lowest BCUT2D eigenvalue weighted by Gasteiger charge is -2.37. The van der Waals surface area contributed by atoms with Gasteiger partial charge >= 0.3 is 5.97 Å². The zero-order valence-corrected chi connectivity index (χ0v) is 14.7. The van der Waals surface area contributed by atoms with Gasteiger partial charge in [0.2, 0.25) is 5.91 Å². The van der Waals surface area contributed by atoms with Gasteiger partial charge in [-0.15, -0.1) is 0 Å². The van der Waals surface area contributed by atoms with Crippen molar-refractivity contribution in [2.24, 2.45) is 0 Å². The molecule has 1 heterocycles. The Hall–Kier alpha value is -1.88. The third-order valence-corrected chi connectivity index (χ3v) is 4.65.